The van der Waals surface area contributed by atoms with Crippen molar-refractivity contribution in [1.29, 1.82) is 0 Å². The maximum absolute atomic E-state index is 14.3. The summed E-state index contributed by atoms with van der Waals surface area (Å²) in [5.41, 5.74) is -5.20. The van der Waals surface area contributed by atoms with Crippen LogP contribution >= 0.6 is 18.9 Å². The van der Waals surface area contributed by atoms with E-state index in [1.165, 1.54) is 12.1 Å². The van der Waals surface area contributed by atoms with Gasteiger partial charge in [0.1, 0.15) is 12.1 Å². The minimum absolute atomic E-state index is 0.00502. The number of alkyl halides is 2. The van der Waals surface area contributed by atoms with Crippen molar-refractivity contribution in [2.45, 2.75) is 68.7 Å². The monoisotopic (exact) mass is 651 g/mol. The number of halogens is 2. The van der Waals surface area contributed by atoms with E-state index in [2.05, 4.69) is 5.32 Å². The molecule has 2 aromatic rings. The Hall–Kier alpha value is -2.44. The molecule has 5 aliphatic rings. The lowest BCUT2D eigenvalue weighted by Crippen LogP contribution is -2.61. The summed E-state index contributed by atoms with van der Waals surface area (Å²) in [7, 11) is -5.74. The first-order valence-electron chi connectivity index (χ1n) is 15.4. The summed E-state index contributed by atoms with van der Waals surface area (Å²) in [5.74, 6) is 1.07. The molecule has 44 heavy (non-hydrogen) atoms. The second-order valence-electron chi connectivity index (χ2n) is 13.1. The van der Waals surface area contributed by atoms with Gasteiger partial charge in [-0.05, 0) is 92.2 Å². The number of amides is 3. The standard InChI is InChI=1S/C30H36F2N3O7PS/c31-30(32,43(39,40)41)21-1-4-25-19(10-21)13-26(44-25)27(36)33-23-12-18-9-17(18)11-22-2-3-24(35(22)28(23)37)29(38)34-14-20(15-34)16-5-7-42-8-6-16/h1,4,10,13,16-18,20,22-24H,2-3,5-9,11-12,14-15H2,(H,33,36)(H2,39,40,41)/t17-,18+,22-,23+,24+/m1/s1. The molecule has 238 valence electrons. The number of carbonyl (C=O) groups is 3. The number of hydrogen-bond donors (Lipinski definition) is 3. The van der Waals surface area contributed by atoms with Crippen molar-refractivity contribution in [3.05, 3.63) is 34.7 Å². The summed E-state index contributed by atoms with van der Waals surface area (Å²) >= 11 is 1.05. The highest BCUT2D eigenvalue weighted by Crippen LogP contribution is 2.59. The van der Waals surface area contributed by atoms with Crippen molar-refractivity contribution < 1.29 is 42.3 Å². The average Bonchev–Trinajstić information content (AvgIpc) is 3.33. The largest absolute Gasteiger partial charge is 0.399 e. The third-order valence-electron chi connectivity index (χ3n) is 10.4. The van der Waals surface area contributed by atoms with Gasteiger partial charge in [-0.3, -0.25) is 18.9 Å². The number of carbonyl (C=O) groups excluding carboxylic acids is 3. The molecule has 5 fully saturated rings. The molecule has 0 spiro atoms. The Bertz CT molecular complexity index is 1540. The van der Waals surface area contributed by atoms with Gasteiger partial charge >= 0.3 is 13.3 Å². The van der Waals surface area contributed by atoms with Crippen molar-refractivity contribution in [2.75, 3.05) is 26.3 Å². The fourth-order valence-corrected chi connectivity index (χ4v) is 9.18. The molecular weight excluding hydrogens is 615 g/mol. The zero-order valence-electron chi connectivity index (χ0n) is 24.1. The third kappa shape index (κ3) is 5.38. The SMILES string of the molecule is O=C(N[C@H]1C[C@@H]2C[C@@H]2C[C@H]2CC[C@@H](C(=O)N3CC(C4CCOCC4)C3)N2C1=O)c1cc2cc(C(F)(F)P(=O)(O)O)ccc2s1. The number of likely N-dealkylation sites (tertiary alicyclic amines) is 1. The molecule has 5 atom stereocenters. The van der Waals surface area contributed by atoms with Gasteiger partial charge in [-0.15, -0.1) is 11.3 Å². The van der Waals surface area contributed by atoms with Crippen LogP contribution in [0.5, 0.6) is 0 Å². The number of benzene rings is 1. The zero-order valence-corrected chi connectivity index (χ0v) is 25.8. The predicted octanol–water partition coefficient (Wildman–Crippen LogP) is 3.90. The first-order valence-corrected chi connectivity index (χ1v) is 17.8. The van der Waals surface area contributed by atoms with E-state index in [9.17, 15) is 27.7 Å². The van der Waals surface area contributed by atoms with Crippen LogP contribution in [0.15, 0.2) is 24.3 Å². The molecule has 10 nitrogen and oxygen atoms in total. The van der Waals surface area contributed by atoms with Crippen LogP contribution < -0.4 is 5.32 Å². The molecule has 5 heterocycles. The summed E-state index contributed by atoms with van der Waals surface area (Å²) in [4.78, 5) is 63.2. The number of fused-ring (bicyclic) bond motifs is 3. The van der Waals surface area contributed by atoms with Crippen LogP contribution in [0.2, 0.25) is 0 Å². The first kappa shape index (κ1) is 30.2. The average molecular weight is 652 g/mol. The molecule has 3 N–H and O–H groups in total. The van der Waals surface area contributed by atoms with Gasteiger partial charge < -0.3 is 29.6 Å². The molecule has 7 rings (SSSR count). The lowest BCUT2D eigenvalue weighted by molar-refractivity contribution is -0.152. The molecule has 4 saturated heterocycles. The minimum Gasteiger partial charge on any atom is -0.381 e. The Morgan fingerprint density at radius 1 is 0.977 bits per heavy atom. The van der Waals surface area contributed by atoms with E-state index >= 15 is 0 Å². The maximum Gasteiger partial charge on any atom is 0.399 e. The van der Waals surface area contributed by atoms with Crippen molar-refractivity contribution >= 4 is 46.7 Å². The smallest absolute Gasteiger partial charge is 0.381 e. The normalized spacial score (nSPS) is 29.9. The van der Waals surface area contributed by atoms with Crippen LogP contribution in [-0.2, 0) is 24.6 Å². The van der Waals surface area contributed by atoms with Gasteiger partial charge in [-0.25, -0.2) is 0 Å². The lowest BCUT2D eigenvalue weighted by Gasteiger charge is -2.46. The van der Waals surface area contributed by atoms with Crippen molar-refractivity contribution in [1.82, 2.24) is 15.1 Å². The highest BCUT2D eigenvalue weighted by Gasteiger charge is 2.53. The molecule has 1 saturated carbocycles. The van der Waals surface area contributed by atoms with E-state index in [0.29, 0.717) is 54.3 Å². The number of thiophene rings is 1. The first-order chi connectivity index (χ1) is 20.9. The van der Waals surface area contributed by atoms with Gasteiger partial charge in [0.15, 0.2) is 0 Å². The van der Waals surface area contributed by atoms with Gasteiger partial charge in [0.25, 0.3) is 5.91 Å². The van der Waals surface area contributed by atoms with Crippen LogP contribution in [0.3, 0.4) is 0 Å². The maximum atomic E-state index is 14.3. The molecule has 1 aromatic carbocycles. The number of rotatable bonds is 6. The Morgan fingerprint density at radius 3 is 2.43 bits per heavy atom. The molecule has 4 aliphatic heterocycles. The summed E-state index contributed by atoms with van der Waals surface area (Å²) in [6, 6.07) is 3.25. The van der Waals surface area contributed by atoms with Crippen LogP contribution in [-0.4, -0.2) is 81.7 Å². The summed E-state index contributed by atoms with van der Waals surface area (Å²) in [6.45, 7) is 2.97. The quantitative estimate of drug-likeness (QED) is 0.403. The van der Waals surface area contributed by atoms with Gasteiger partial charge in [0.2, 0.25) is 11.8 Å². The number of hydrogen-bond acceptors (Lipinski definition) is 6. The van der Waals surface area contributed by atoms with Gasteiger partial charge in [0, 0.05) is 42.6 Å². The van der Waals surface area contributed by atoms with E-state index < -0.39 is 36.8 Å². The topological polar surface area (TPSA) is 136 Å². The Kier molecular flexibility index (Phi) is 7.64. The fraction of sp³-hybridized carbons (Fsp3) is 0.633. The predicted molar refractivity (Wildman–Crippen MR) is 157 cm³/mol. The van der Waals surface area contributed by atoms with Gasteiger partial charge in [0.05, 0.1) is 4.88 Å². The van der Waals surface area contributed by atoms with Crippen LogP contribution in [0.25, 0.3) is 10.1 Å². The lowest BCUT2D eigenvalue weighted by atomic mass is 9.80. The van der Waals surface area contributed by atoms with Crippen molar-refractivity contribution in [2.24, 2.45) is 23.7 Å². The highest BCUT2D eigenvalue weighted by atomic mass is 32.1. The Morgan fingerprint density at radius 2 is 1.70 bits per heavy atom. The molecule has 1 aromatic heterocycles. The Labute approximate surface area is 257 Å². The number of nitrogens with zero attached hydrogens (tertiary/aromatic N) is 2. The van der Waals surface area contributed by atoms with Crippen LogP contribution in [0.1, 0.15) is 60.2 Å². The molecule has 0 bridgehead atoms. The summed E-state index contributed by atoms with van der Waals surface area (Å²) < 4.78 is 45.9. The third-order valence-corrected chi connectivity index (χ3v) is 12.5. The van der Waals surface area contributed by atoms with E-state index in [-0.39, 0.29) is 28.1 Å². The van der Waals surface area contributed by atoms with Gasteiger partial charge in [-0.2, -0.15) is 8.78 Å². The fourth-order valence-electron chi connectivity index (χ4n) is 7.76. The highest BCUT2D eigenvalue weighted by molar-refractivity contribution is 7.52. The molecule has 0 unspecified atom stereocenters. The minimum atomic E-state index is -5.74. The van der Waals surface area contributed by atoms with E-state index in [1.54, 1.807) is 4.90 Å². The zero-order chi connectivity index (χ0) is 31.0. The second-order valence-corrected chi connectivity index (χ2v) is 15.9. The molecule has 0 radical (unpaired) electrons. The van der Waals surface area contributed by atoms with E-state index in [1.807, 2.05) is 4.90 Å². The van der Waals surface area contributed by atoms with E-state index in [4.69, 9.17) is 14.5 Å². The Balaban J connectivity index is 1.06. The van der Waals surface area contributed by atoms with Crippen LogP contribution in [0, 0.1) is 23.7 Å². The van der Waals surface area contributed by atoms with Gasteiger partial charge in [-0.1, -0.05) is 6.07 Å². The van der Waals surface area contributed by atoms with E-state index in [0.717, 1.165) is 68.8 Å². The molecule has 14 heteroatoms. The van der Waals surface area contributed by atoms with Crippen LogP contribution in [0.4, 0.5) is 8.78 Å². The summed E-state index contributed by atoms with van der Waals surface area (Å²) in [6.07, 6.45) is 5.77. The molecule has 1 aliphatic carbocycles. The summed E-state index contributed by atoms with van der Waals surface area (Å²) in [5, 5.41) is 3.14. The van der Waals surface area contributed by atoms with Crippen molar-refractivity contribution in [3.63, 3.8) is 0 Å². The molecular formula is C30H36F2N3O7PS. The second kappa shape index (κ2) is 11.1. The molecule has 3 amide bonds. The number of nitrogens with one attached hydrogen (secondary N) is 1. The number of ether oxygens (including phenoxy) is 1. The van der Waals surface area contributed by atoms with Crippen molar-refractivity contribution in [3.8, 4) is 0 Å².